The van der Waals surface area contributed by atoms with Gasteiger partial charge in [-0.1, -0.05) is 62.8 Å². The zero-order valence-electron chi connectivity index (χ0n) is 20.5. The second-order valence-electron chi connectivity index (χ2n) is 8.08. The molecule has 1 aromatic carbocycles. The van der Waals surface area contributed by atoms with Crippen LogP contribution in [-0.4, -0.2) is 41.1 Å². The minimum atomic E-state index is -3.59. The van der Waals surface area contributed by atoms with Gasteiger partial charge in [0.2, 0.25) is 0 Å². The van der Waals surface area contributed by atoms with Crippen molar-refractivity contribution in [2.24, 2.45) is 0 Å². The van der Waals surface area contributed by atoms with Gasteiger partial charge in [-0.05, 0) is 50.7 Å². The van der Waals surface area contributed by atoms with Gasteiger partial charge in [0.15, 0.2) is 0 Å². The first-order valence-electron chi connectivity index (χ1n) is 12.0. The Bertz CT molecular complexity index is 867. The first-order chi connectivity index (χ1) is 16.4. The zero-order chi connectivity index (χ0) is 25.1. The van der Waals surface area contributed by atoms with Gasteiger partial charge in [0.1, 0.15) is 0 Å². The maximum Gasteiger partial charge on any atom is 0.266 e. The van der Waals surface area contributed by atoms with Crippen molar-refractivity contribution in [1.29, 1.82) is 0 Å². The van der Waals surface area contributed by atoms with E-state index < -0.39 is 10.0 Å². The van der Waals surface area contributed by atoms with Gasteiger partial charge in [-0.2, -0.15) is 0 Å². The largest absolute Gasteiger partial charge is 0.384 e. The van der Waals surface area contributed by atoms with Crippen molar-refractivity contribution in [3.63, 3.8) is 0 Å². The van der Waals surface area contributed by atoms with E-state index in [-0.39, 0.29) is 17.4 Å². The first kappa shape index (κ1) is 29.5. The van der Waals surface area contributed by atoms with Gasteiger partial charge in [-0.15, -0.1) is 0 Å². The fourth-order valence-corrected chi connectivity index (χ4v) is 4.19. The van der Waals surface area contributed by atoms with Crippen molar-refractivity contribution in [2.45, 2.75) is 62.7 Å². The summed E-state index contributed by atoms with van der Waals surface area (Å²) >= 11 is 0. The number of amides is 1. The summed E-state index contributed by atoms with van der Waals surface area (Å²) in [5.41, 5.74) is 0.725. The normalized spacial score (nSPS) is 11.3. The number of nitrogens with one attached hydrogen (secondary N) is 3. The maximum atomic E-state index is 12.2. The summed E-state index contributed by atoms with van der Waals surface area (Å²) in [6.45, 7) is 8.81. The van der Waals surface area contributed by atoms with Crippen molar-refractivity contribution < 1.29 is 17.9 Å². The molecule has 0 bridgehead atoms. The van der Waals surface area contributed by atoms with Crippen LogP contribution < -0.4 is 15.4 Å². The van der Waals surface area contributed by atoms with Crippen LogP contribution in [0.15, 0.2) is 71.9 Å². The van der Waals surface area contributed by atoms with E-state index in [1.807, 2.05) is 0 Å². The second kappa shape index (κ2) is 17.8. The summed E-state index contributed by atoms with van der Waals surface area (Å²) in [4.78, 5) is 11.7. The number of ether oxygens (including phenoxy) is 1. The van der Waals surface area contributed by atoms with E-state index in [0.717, 1.165) is 44.9 Å². The van der Waals surface area contributed by atoms with E-state index in [0.29, 0.717) is 24.5 Å². The highest BCUT2D eigenvalue weighted by atomic mass is 32.2. The summed E-state index contributed by atoms with van der Waals surface area (Å²) in [6, 6.07) is 8.22. The molecule has 0 spiro atoms. The number of carbonyl (C=O) groups is 1. The Kier molecular flexibility index (Phi) is 15.5. The van der Waals surface area contributed by atoms with E-state index in [9.17, 15) is 13.2 Å². The lowest BCUT2D eigenvalue weighted by atomic mass is 10.1. The molecule has 1 aromatic rings. The SMILES string of the molecule is C=C(COCCCCCCC/C=C\CCCCNC(=O)C(=C)NC)NS(=O)(=O)c1ccccc1. The molecule has 0 saturated carbocycles. The molecule has 8 heteroatoms. The smallest absolute Gasteiger partial charge is 0.266 e. The number of hydrogen-bond donors (Lipinski definition) is 3. The van der Waals surface area contributed by atoms with Crippen molar-refractivity contribution in [1.82, 2.24) is 15.4 Å². The molecule has 0 heterocycles. The summed E-state index contributed by atoms with van der Waals surface area (Å²) in [5.74, 6) is -0.138. The molecule has 3 N–H and O–H groups in total. The molecule has 190 valence electrons. The average molecular weight is 492 g/mol. The lowest BCUT2D eigenvalue weighted by Gasteiger charge is -2.11. The van der Waals surface area contributed by atoms with Gasteiger partial charge >= 0.3 is 0 Å². The number of carbonyl (C=O) groups excluding carboxylic acids is 1. The summed E-state index contributed by atoms with van der Waals surface area (Å²) in [7, 11) is -1.91. The van der Waals surface area contributed by atoms with E-state index in [4.69, 9.17) is 4.74 Å². The molecule has 0 unspecified atom stereocenters. The Hall–Kier alpha value is -2.58. The molecule has 0 saturated heterocycles. The third-order valence-electron chi connectivity index (χ3n) is 5.09. The molecule has 0 atom stereocenters. The van der Waals surface area contributed by atoms with Crippen LogP contribution in [0.25, 0.3) is 0 Å². The van der Waals surface area contributed by atoms with Crippen LogP contribution in [0.2, 0.25) is 0 Å². The van der Waals surface area contributed by atoms with Crippen molar-refractivity contribution >= 4 is 15.9 Å². The third-order valence-corrected chi connectivity index (χ3v) is 6.54. The Labute approximate surface area is 205 Å². The minimum Gasteiger partial charge on any atom is -0.384 e. The molecule has 0 aliphatic heterocycles. The highest BCUT2D eigenvalue weighted by Gasteiger charge is 2.13. The number of rotatable bonds is 20. The fraction of sp³-hybridized carbons (Fsp3) is 0.500. The molecule has 34 heavy (non-hydrogen) atoms. The van der Waals surface area contributed by atoms with Crippen LogP contribution >= 0.6 is 0 Å². The van der Waals surface area contributed by atoms with Gasteiger partial charge in [-0.25, -0.2) is 8.42 Å². The van der Waals surface area contributed by atoms with Gasteiger partial charge in [-0.3, -0.25) is 9.52 Å². The molecule has 0 fully saturated rings. The fourth-order valence-electron chi connectivity index (χ4n) is 3.12. The van der Waals surface area contributed by atoms with Crippen LogP contribution in [0.3, 0.4) is 0 Å². The molecule has 0 radical (unpaired) electrons. The van der Waals surface area contributed by atoms with Crippen molar-refractivity contribution in [2.75, 3.05) is 26.8 Å². The molecular weight excluding hydrogens is 450 g/mol. The number of sulfonamides is 1. The second-order valence-corrected chi connectivity index (χ2v) is 9.77. The van der Waals surface area contributed by atoms with E-state index in [1.165, 1.54) is 12.8 Å². The highest BCUT2D eigenvalue weighted by Crippen LogP contribution is 2.09. The predicted octanol–water partition coefficient (Wildman–Crippen LogP) is 4.41. The van der Waals surface area contributed by atoms with Crippen LogP contribution in [0.4, 0.5) is 0 Å². The number of hydrogen-bond acceptors (Lipinski definition) is 5. The number of likely N-dealkylation sites (N-methyl/N-ethyl adjacent to an activating group) is 1. The predicted molar refractivity (Wildman–Crippen MR) is 139 cm³/mol. The highest BCUT2D eigenvalue weighted by molar-refractivity contribution is 7.89. The Morgan fingerprint density at radius 1 is 0.941 bits per heavy atom. The molecule has 0 aliphatic rings. The Morgan fingerprint density at radius 2 is 1.56 bits per heavy atom. The van der Waals surface area contributed by atoms with Gasteiger partial charge in [0, 0.05) is 25.9 Å². The van der Waals surface area contributed by atoms with Gasteiger partial charge < -0.3 is 15.4 Å². The summed E-state index contributed by atoms with van der Waals surface area (Å²) in [6.07, 6.45) is 14.2. The van der Waals surface area contributed by atoms with Gasteiger partial charge in [0.05, 0.1) is 17.2 Å². The summed E-state index contributed by atoms with van der Waals surface area (Å²) < 4.78 is 32.4. The lowest BCUT2D eigenvalue weighted by Crippen LogP contribution is -2.30. The molecule has 7 nitrogen and oxygen atoms in total. The van der Waals surface area contributed by atoms with Crippen molar-refractivity contribution in [3.8, 4) is 0 Å². The minimum absolute atomic E-state index is 0.138. The summed E-state index contributed by atoms with van der Waals surface area (Å²) in [5, 5.41) is 5.57. The van der Waals surface area contributed by atoms with Crippen LogP contribution in [0.1, 0.15) is 57.8 Å². The number of unbranched alkanes of at least 4 members (excludes halogenated alkanes) is 7. The standard InChI is InChI=1S/C26H41N3O4S/c1-23(29-34(31,32)25-18-14-13-15-19-25)22-33-21-17-12-10-8-6-4-5-7-9-11-16-20-28-26(30)24(2)27-3/h5,7,13-15,18-19,27,29H,1-2,4,6,8-12,16-17,20-22H2,3H3,(H,28,30)/b7-5-. The first-order valence-corrected chi connectivity index (χ1v) is 13.5. The molecule has 0 aromatic heterocycles. The molecule has 0 aliphatic carbocycles. The topological polar surface area (TPSA) is 96.5 Å². The zero-order valence-corrected chi connectivity index (χ0v) is 21.3. The lowest BCUT2D eigenvalue weighted by molar-refractivity contribution is -0.117. The van der Waals surface area contributed by atoms with Crippen LogP contribution in [-0.2, 0) is 19.6 Å². The third kappa shape index (κ3) is 13.9. The quantitative estimate of drug-likeness (QED) is 0.143. The maximum absolute atomic E-state index is 12.2. The number of allylic oxidation sites excluding steroid dienone is 2. The van der Waals surface area contributed by atoms with Crippen LogP contribution in [0, 0.1) is 0 Å². The Balaban J connectivity index is 1.92. The Morgan fingerprint density at radius 3 is 2.24 bits per heavy atom. The van der Waals surface area contributed by atoms with E-state index in [1.54, 1.807) is 37.4 Å². The van der Waals surface area contributed by atoms with Gasteiger partial charge in [0.25, 0.3) is 15.9 Å². The monoisotopic (exact) mass is 491 g/mol. The molecular formula is C26H41N3O4S. The van der Waals surface area contributed by atoms with Crippen LogP contribution in [0.5, 0.6) is 0 Å². The molecule has 1 amide bonds. The van der Waals surface area contributed by atoms with Crippen molar-refractivity contribution in [3.05, 3.63) is 67.0 Å². The number of benzene rings is 1. The van der Waals surface area contributed by atoms with E-state index in [2.05, 4.69) is 40.7 Å². The van der Waals surface area contributed by atoms with E-state index >= 15 is 0 Å². The molecule has 1 rings (SSSR count). The average Bonchev–Trinajstić information content (AvgIpc) is 2.83.